The summed E-state index contributed by atoms with van der Waals surface area (Å²) in [7, 11) is 0. The van der Waals surface area contributed by atoms with Gasteiger partial charge in [-0.25, -0.2) is 13.6 Å². The zero-order valence-corrected chi connectivity index (χ0v) is 16.8. The van der Waals surface area contributed by atoms with Crippen molar-refractivity contribution in [1.29, 1.82) is 0 Å². The van der Waals surface area contributed by atoms with Crippen LogP contribution in [-0.4, -0.2) is 25.3 Å². The standard InChI is InChI=1S/C25H22F2O4/c26-19-11-7-17(8-12-19)21(18-9-13-20(27)14-10-18)4-3-15-29-25(28)24-16-30-22-5-1-2-6-23(22)31-24/h1-2,5-14,21,24H,3-4,15-16H2/t24-/m0/s1. The SMILES string of the molecule is O=C(OCCCC(c1ccc(F)cc1)c1ccc(F)cc1)[C@@H]1COc2ccccc2O1. The molecule has 1 heterocycles. The van der Waals surface area contributed by atoms with Crippen molar-refractivity contribution in [3.8, 4) is 11.5 Å². The van der Waals surface area contributed by atoms with Crippen LogP contribution >= 0.6 is 0 Å². The molecule has 31 heavy (non-hydrogen) atoms. The highest BCUT2D eigenvalue weighted by atomic mass is 19.1. The van der Waals surface area contributed by atoms with Crippen LogP contribution in [0.1, 0.15) is 29.9 Å². The average molecular weight is 424 g/mol. The summed E-state index contributed by atoms with van der Waals surface area (Å²) in [5.74, 6) is -0.0503. The summed E-state index contributed by atoms with van der Waals surface area (Å²) in [5, 5.41) is 0. The highest BCUT2D eigenvalue weighted by Gasteiger charge is 2.28. The minimum absolute atomic E-state index is 0.0685. The fourth-order valence-electron chi connectivity index (χ4n) is 3.60. The van der Waals surface area contributed by atoms with Gasteiger partial charge < -0.3 is 14.2 Å². The Bertz CT molecular complexity index is 973. The molecule has 0 amide bonds. The highest BCUT2D eigenvalue weighted by Crippen LogP contribution is 2.32. The quantitative estimate of drug-likeness (QED) is 0.383. The van der Waals surface area contributed by atoms with Crippen molar-refractivity contribution in [2.24, 2.45) is 0 Å². The van der Waals surface area contributed by atoms with Gasteiger partial charge in [0.15, 0.2) is 11.5 Å². The number of para-hydroxylation sites is 2. The van der Waals surface area contributed by atoms with E-state index >= 15 is 0 Å². The van der Waals surface area contributed by atoms with Crippen LogP contribution in [0.2, 0.25) is 0 Å². The molecule has 4 nitrogen and oxygen atoms in total. The lowest BCUT2D eigenvalue weighted by Gasteiger charge is -2.25. The molecule has 0 bridgehead atoms. The minimum atomic E-state index is -0.806. The van der Waals surface area contributed by atoms with Crippen molar-refractivity contribution in [2.75, 3.05) is 13.2 Å². The molecule has 0 spiro atoms. The zero-order chi connectivity index (χ0) is 21.6. The minimum Gasteiger partial charge on any atom is -0.485 e. The molecule has 0 saturated carbocycles. The molecule has 1 aliphatic heterocycles. The van der Waals surface area contributed by atoms with E-state index in [-0.39, 0.29) is 30.8 Å². The molecule has 0 aliphatic carbocycles. The van der Waals surface area contributed by atoms with Gasteiger partial charge in [0.2, 0.25) is 6.10 Å². The number of rotatable bonds is 7. The maximum absolute atomic E-state index is 13.3. The molecule has 1 atom stereocenters. The average Bonchev–Trinajstić information content (AvgIpc) is 2.80. The van der Waals surface area contributed by atoms with Gasteiger partial charge in [-0.2, -0.15) is 0 Å². The summed E-state index contributed by atoms with van der Waals surface area (Å²) in [4.78, 5) is 12.4. The number of hydrogen-bond acceptors (Lipinski definition) is 4. The van der Waals surface area contributed by atoms with Crippen LogP contribution in [0, 0.1) is 11.6 Å². The van der Waals surface area contributed by atoms with Gasteiger partial charge in [0.05, 0.1) is 6.61 Å². The molecule has 6 heteroatoms. The van der Waals surface area contributed by atoms with Gasteiger partial charge in [-0.1, -0.05) is 36.4 Å². The van der Waals surface area contributed by atoms with Crippen LogP contribution in [0.3, 0.4) is 0 Å². The Morgan fingerprint density at radius 2 is 1.48 bits per heavy atom. The van der Waals surface area contributed by atoms with Crippen molar-refractivity contribution in [3.05, 3.63) is 95.6 Å². The number of carbonyl (C=O) groups is 1. The fraction of sp³-hybridized carbons (Fsp3) is 0.240. The second kappa shape index (κ2) is 9.60. The smallest absolute Gasteiger partial charge is 0.350 e. The van der Waals surface area contributed by atoms with Crippen molar-refractivity contribution in [1.82, 2.24) is 0 Å². The van der Waals surface area contributed by atoms with Gasteiger partial charge in [0.25, 0.3) is 0 Å². The Labute approximate surface area is 179 Å². The summed E-state index contributed by atoms with van der Waals surface area (Å²) in [6.07, 6.45) is 0.421. The first kappa shape index (κ1) is 20.8. The van der Waals surface area contributed by atoms with Crippen LogP contribution < -0.4 is 9.47 Å². The van der Waals surface area contributed by atoms with E-state index in [0.717, 1.165) is 11.1 Å². The van der Waals surface area contributed by atoms with E-state index in [1.165, 1.54) is 24.3 Å². The van der Waals surface area contributed by atoms with Crippen molar-refractivity contribution in [3.63, 3.8) is 0 Å². The molecule has 0 fully saturated rings. The first-order chi connectivity index (χ1) is 15.1. The molecular formula is C25H22F2O4. The van der Waals surface area contributed by atoms with E-state index in [0.29, 0.717) is 24.3 Å². The molecule has 3 aromatic carbocycles. The second-order valence-corrected chi connectivity index (χ2v) is 7.33. The first-order valence-corrected chi connectivity index (χ1v) is 10.2. The number of fused-ring (bicyclic) bond motifs is 1. The summed E-state index contributed by atoms with van der Waals surface area (Å²) < 4.78 is 43.3. The molecule has 0 unspecified atom stereocenters. The van der Waals surface area contributed by atoms with E-state index in [2.05, 4.69) is 0 Å². The van der Waals surface area contributed by atoms with E-state index in [1.807, 2.05) is 6.07 Å². The van der Waals surface area contributed by atoms with Gasteiger partial charge in [0.1, 0.15) is 18.2 Å². The largest absolute Gasteiger partial charge is 0.485 e. The number of halogens is 2. The molecule has 0 radical (unpaired) electrons. The second-order valence-electron chi connectivity index (χ2n) is 7.33. The Hall–Kier alpha value is -3.41. The van der Waals surface area contributed by atoms with Crippen LogP contribution in [-0.2, 0) is 9.53 Å². The fourth-order valence-corrected chi connectivity index (χ4v) is 3.60. The topological polar surface area (TPSA) is 44.8 Å². The third kappa shape index (κ3) is 5.20. The molecule has 0 aromatic heterocycles. The summed E-state index contributed by atoms with van der Waals surface area (Å²) >= 11 is 0. The van der Waals surface area contributed by atoms with E-state index in [9.17, 15) is 13.6 Å². The Balaban J connectivity index is 1.34. The van der Waals surface area contributed by atoms with Crippen LogP contribution in [0.5, 0.6) is 11.5 Å². The molecule has 0 N–H and O–H groups in total. The lowest BCUT2D eigenvalue weighted by atomic mass is 9.87. The van der Waals surface area contributed by atoms with Crippen molar-refractivity contribution in [2.45, 2.75) is 24.9 Å². The summed E-state index contributed by atoms with van der Waals surface area (Å²) in [6, 6.07) is 19.7. The zero-order valence-electron chi connectivity index (χ0n) is 16.8. The van der Waals surface area contributed by atoms with Gasteiger partial charge in [-0.15, -0.1) is 0 Å². The molecule has 4 rings (SSSR count). The number of benzene rings is 3. The van der Waals surface area contributed by atoms with E-state index in [1.54, 1.807) is 42.5 Å². The Morgan fingerprint density at radius 1 is 0.903 bits per heavy atom. The predicted octanol–water partition coefficient (Wildman–Crippen LogP) is 5.26. The van der Waals surface area contributed by atoms with Gasteiger partial charge >= 0.3 is 5.97 Å². The summed E-state index contributed by atoms with van der Waals surface area (Å²) in [5.41, 5.74) is 1.83. The first-order valence-electron chi connectivity index (χ1n) is 10.2. The van der Waals surface area contributed by atoms with Crippen molar-refractivity contribution < 1.29 is 27.8 Å². The Kier molecular flexibility index (Phi) is 6.46. The molecule has 3 aromatic rings. The lowest BCUT2D eigenvalue weighted by Crippen LogP contribution is -2.38. The van der Waals surface area contributed by atoms with Crippen LogP contribution in [0.15, 0.2) is 72.8 Å². The van der Waals surface area contributed by atoms with E-state index in [4.69, 9.17) is 14.2 Å². The van der Waals surface area contributed by atoms with Crippen LogP contribution in [0.4, 0.5) is 8.78 Å². The number of ether oxygens (including phenoxy) is 3. The van der Waals surface area contributed by atoms with Gasteiger partial charge in [-0.05, 0) is 60.4 Å². The number of hydrogen-bond donors (Lipinski definition) is 0. The lowest BCUT2D eigenvalue weighted by molar-refractivity contribution is -0.154. The molecule has 1 aliphatic rings. The predicted molar refractivity (Wildman–Crippen MR) is 111 cm³/mol. The number of carbonyl (C=O) groups excluding carboxylic acids is 1. The van der Waals surface area contributed by atoms with Crippen molar-refractivity contribution >= 4 is 5.97 Å². The van der Waals surface area contributed by atoms with E-state index < -0.39 is 12.1 Å². The Morgan fingerprint density at radius 3 is 2.10 bits per heavy atom. The monoisotopic (exact) mass is 424 g/mol. The third-order valence-electron chi connectivity index (χ3n) is 5.20. The maximum Gasteiger partial charge on any atom is 0.350 e. The van der Waals surface area contributed by atoms with Gasteiger partial charge in [0, 0.05) is 5.92 Å². The maximum atomic E-state index is 13.3. The summed E-state index contributed by atoms with van der Waals surface area (Å²) in [6.45, 7) is 0.308. The highest BCUT2D eigenvalue weighted by molar-refractivity contribution is 5.76. The molecule has 160 valence electrons. The normalized spacial score (nSPS) is 15.0. The molecular weight excluding hydrogens is 402 g/mol. The van der Waals surface area contributed by atoms with Gasteiger partial charge in [-0.3, -0.25) is 0 Å². The number of esters is 1. The molecule has 0 saturated heterocycles. The third-order valence-corrected chi connectivity index (χ3v) is 5.20. The van der Waals surface area contributed by atoms with Crippen LogP contribution in [0.25, 0.3) is 0 Å².